The fraction of sp³-hybridized carbons (Fsp3) is 0.375. The van der Waals surface area contributed by atoms with Gasteiger partial charge in [0.25, 0.3) is 0 Å². The largest absolute Gasteiger partial charge is 0.393 e. The van der Waals surface area contributed by atoms with Crippen LogP contribution in [-0.4, -0.2) is 27.4 Å². The zero-order chi connectivity index (χ0) is 18.8. The molecule has 3 aromatic rings. The maximum atomic E-state index is 9.41. The first-order valence-electron chi connectivity index (χ1n) is 9.82. The van der Waals surface area contributed by atoms with Gasteiger partial charge < -0.3 is 15.2 Å². The van der Waals surface area contributed by atoms with Crippen LogP contribution in [0.4, 0.5) is 0 Å². The summed E-state index contributed by atoms with van der Waals surface area (Å²) in [7, 11) is 0. The molecule has 2 N–H and O–H groups in total. The van der Waals surface area contributed by atoms with Crippen molar-refractivity contribution in [3.8, 4) is 11.3 Å². The third kappa shape index (κ3) is 4.36. The minimum absolute atomic E-state index is 0. The topological polar surface area (TPSA) is 53.4 Å². The van der Waals surface area contributed by atoms with E-state index >= 15 is 0 Å². The molecule has 2 saturated carbocycles. The van der Waals surface area contributed by atoms with Crippen LogP contribution in [0.15, 0.2) is 54.7 Å². The summed E-state index contributed by atoms with van der Waals surface area (Å²) in [6.45, 7) is 2.11. The number of hydrogen-bond acceptors (Lipinski definition) is 3. The molecule has 0 spiro atoms. The standard InChI is InChI=1S/C16H12N.C8H14O2.Ir/c1-12-7-8-15-14(11-12)9-10-17-16(15)13-5-3-2-4-6-13;9-6-3-1-5-2-4-7(10)8(5)6;/h2-5,7-11H,1H3;5-10H,1-4H2;/q-1;;. The second-order valence-corrected chi connectivity index (χ2v) is 7.79. The Morgan fingerprint density at radius 2 is 1.71 bits per heavy atom. The number of rotatable bonds is 1. The molecule has 0 saturated heterocycles. The van der Waals surface area contributed by atoms with Gasteiger partial charge in [-0.05, 0) is 61.1 Å². The Labute approximate surface area is 180 Å². The van der Waals surface area contributed by atoms with E-state index in [0.717, 1.165) is 36.9 Å². The summed E-state index contributed by atoms with van der Waals surface area (Å²) in [5.41, 5.74) is 3.32. The van der Waals surface area contributed by atoms with Crippen LogP contribution >= 0.6 is 0 Å². The molecular formula is C24H26IrNO2-. The molecule has 28 heavy (non-hydrogen) atoms. The van der Waals surface area contributed by atoms with Crippen LogP contribution in [0.1, 0.15) is 31.2 Å². The Morgan fingerprint density at radius 3 is 2.36 bits per heavy atom. The Bertz CT molecular complexity index is 901. The second-order valence-electron chi connectivity index (χ2n) is 7.79. The molecule has 2 aliphatic rings. The van der Waals surface area contributed by atoms with Gasteiger partial charge in [-0.1, -0.05) is 23.8 Å². The number of aromatic nitrogens is 1. The molecule has 0 bridgehead atoms. The summed E-state index contributed by atoms with van der Waals surface area (Å²) in [5, 5.41) is 21.2. The Balaban J connectivity index is 0.000000175. The number of hydrogen-bond donors (Lipinski definition) is 2. The van der Waals surface area contributed by atoms with E-state index < -0.39 is 0 Å². The van der Waals surface area contributed by atoms with Gasteiger partial charge in [-0.3, -0.25) is 0 Å². The summed E-state index contributed by atoms with van der Waals surface area (Å²) < 4.78 is 0. The molecule has 149 valence electrons. The molecule has 2 atom stereocenters. The molecule has 1 heterocycles. The van der Waals surface area contributed by atoms with Crippen molar-refractivity contribution in [2.45, 2.75) is 44.8 Å². The molecule has 2 aliphatic carbocycles. The van der Waals surface area contributed by atoms with Gasteiger partial charge in [0.1, 0.15) is 0 Å². The number of nitrogens with zero attached hydrogens (tertiary/aromatic N) is 1. The molecular weight excluding hydrogens is 526 g/mol. The third-order valence-electron chi connectivity index (χ3n) is 5.98. The SMILES string of the molecule is Cc1ccc2c(-c3[c-]cccc3)nccc2c1.OC1CCC2CCC(O)C12.[Ir]. The van der Waals surface area contributed by atoms with Crippen LogP contribution in [0.25, 0.3) is 22.0 Å². The van der Waals surface area contributed by atoms with E-state index in [1.54, 1.807) is 0 Å². The summed E-state index contributed by atoms with van der Waals surface area (Å²) in [4.78, 5) is 4.48. The Morgan fingerprint density at radius 1 is 0.964 bits per heavy atom. The number of fused-ring (bicyclic) bond motifs is 2. The van der Waals surface area contributed by atoms with E-state index in [1.807, 2.05) is 30.5 Å². The summed E-state index contributed by atoms with van der Waals surface area (Å²) in [6.07, 6.45) is 5.52. The third-order valence-corrected chi connectivity index (χ3v) is 5.98. The van der Waals surface area contributed by atoms with Crippen molar-refractivity contribution in [3.63, 3.8) is 0 Å². The number of aliphatic hydroxyl groups excluding tert-OH is 2. The molecule has 1 radical (unpaired) electrons. The molecule has 3 nitrogen and oxygen atoms in total. The molecule has 1 aromatic heterocycles. The van der Waals surface area contributed by atoms with Crippen molar-refractivity contribution in [2.24, 2.45) is 11.8 Å². The minimum Gasteiger partial charge on any atom is -0.393 e. The predicted molar refractivity (Wildman–Crippen MR) is 108 cm³/mol. The van der Waals surface area contributed by atoms with Crippen molar-refractivity contribution in [1.29, 1.82) is 0 Å². The molecule has 5 rings (SSSR count). The zero-order valence-electron chi connectivity index (χ0n) is 16.0. The maximum absolute atomic E-state index is 9.41. The van der Waals surface area contributed by atoms with E-state index in [1.165, 1.54) is 16.3 Å². The van der Waals surface area contributed by atoms with Gasteiger partial charge in [-0.15, -0.1) is 35.9 Å². The number of pyridine rings is 1. The number of aliphatic hydroxyl groups is 2. The molecule has 2 aromatic carbocycles. The van der Waals surface area contributed by atoms with Crippen LogP contribution in [0.5, 0.6) is 0 Å². The van der Waals surface area contributed by atoms with Crippen molar-refractivity contribution < 1.29 is 30.3 Å². The smallest absolute Gasteiger partial charge is 0.0595 e. The van der Waals surface area contributed by atoms with Crippen LogP contribution in [0.3, 0.4) is 0 Å². The van der Waals surface area contributed by atoms with E-state index in [0.29, 0.717) is 5.92 Å². The van der Waals surface area contributed by atoms with Gasteiger partial charge in [0.2, 0.25) is 0 Å². The average molecular weight is 553 g/mol. The summed E-state index contributed by atoms with van der Waals surface area (Å²) >= 11 is 0. The first kappa shape index (κ1) is 21.1. The van der Waals surface area contributed by atoms with Gasteiger partial charge in [-0.2, -0.15) is 0 Å². The van der Waals surface area contributed by atoms with Crippen molar-refractivity contribution in [2.75, 3.05) is 0 Å². The van der Waals surface area contributed by atoms with Crippen LogP contribution in [0.2, 0.25) is 0 Å². The maximum Gasteiger partial charge on any atom is 0.0595 e. The van der Waals surface area contributed by atoms with Crippen molar-refractivity contribution in [3.05, 3.63) is 66.4 Å². The van der Waals surface area contributed by atoms with E-state index in [9.17, 15) is 10.2 Å². The quantitative estimate of drug-likeness (QED) is 0.436. The van der Waals surface area contributed by atoms with E-state index in [4.69, 9.17) is 0 Å². The first-order valence-corrected chi connectivity index (χ1v) is 9.82. The second kappa shape index (κ2) is 9.28. The average Bonchev–Trinajstić information content (AvgIpc) is 3.25. The number of aryl methyl sites for hydroxylation is 1. The molecule has 4 heteroatoms. The van der Waals surface area contributed by atoms with Crippen molar-refractivity contribution >= 4 is 10.8 Å². The minimum atomic E-state index is -0.206. The fourth-order valence-corrected chi connectivity index (χ4v) is 4.62. The summed E-state index contributed by atoms with van der Waals surface area (Å²) in [6, 6.07) is 19.7. The monoisotopic (exact) mass is 553 g/mol. The molecule has 0 amide bonds. The van der Waals surface area contributed by atoms with Crippen LogP contribution < -0.4 is 0 Å². The van der Waals surface area contributed by atoms with E-state index in [-0.39, 0.29) is 38.2 Å². The van der Waals surface area contributed by atoms with E-state index in [2.05, 4.69) is 42.2 Å². The zero-order valence-corrected chi connectivity index (χ0v) is 18.4. The van der Waals surface area contributed by atoms with Crippen molar-refractivity contribution in [1.82, 2.24) is 4.98 Å². The normalized spacial score (nSPS) is 25.5. The van der Waals surface area contributed by atoms with Gasteiger partial charge >= 0.3 is 0 Å². The predicted octanol–water partition coefficient (Wildman–Crippen LogP) is 4.54. The molecule has 0 aliphatic heterocycles. The molecule has 2 unspecified atom stereocenters. The van der Waals surface area contributed by atoms with Gasteiger partial charge in [0, 0.05) is 32.2 Å². The van der Waals surface area contributed by atoms with Crippen LogP contribution in [0, 0.1) is 24.8 Å². The number of benzene rings is 2. The fourth-order valence-electron chi connectivity index (χ4n) is 4.62. The molecule has 2 fully saturated rings. The van der Waals surface area contributed by atoms with Gasteiger partial charge in [0.05, 0.1) is 12.2 Å². The van der Waals surface area contributed by atoms with Gasteiger partial charge in [-0.25, -0.2) is 0 Å². The van der Waals surface area contributed by atoms with Gasteiger partial charge in [0.15, 0.2) is 0 Å². The Kier molecular flexibility index (Phi) is 7.00. The Hall–Kier alpha value is -1.58. The summed E-state index contributed by atoms with van der Waals surface area (Å²) in [5.74, 6) is 0.852. The van der Waals surface area contributed by atoms with Crippen LogP contribution in [-0.2, 0) is 20.1 Å². The first-order chi connectivity index (χ1) is 13.1.